The molecule has 7 heterocycles. The van der Waals surface area contributed by atoms with Crippen molar-refractivity contribution in [3.63, 3.8) is 0 Å². The van der Waals surface area contributed by atoms with Crippen molar-refractivity contribution in [3.05, 3.63) is 138 Å². The van der Waals surface area contributed by atoms with Gasteiger partial charge in [0.25, 0.3) is 0 Å². The molecule has 16 nitrogen and oxygen atoms in total. The summed E-state index contributed by atoms with van der Waals surface area (Å²) in [7, 11) is 0. The lowest BCUT2D eigenvalue weighted by molar-refractivity contribution is 0.410. The van der Waals surface area contributed by atoms with Crippen LogP contribution < -0.4 is 49.1 Å². The number of nitrogens with one attached hydrogen (secondary N) is 6. The van der Waals surface area contributed by atoms with Crippen LogP contribution in [0.15, 0.2) is 122 Å². The Balaban J connectivity index is 0.000000158. The van der Waals surface area contributed by atoms with Gasteiger partial charge in [0.1, 0.15) is 34.9 Å². The van der Waals surface area contributed by atoms with Crippen LogP contribution in [-0.4, -0.2) is 84.2 Å². The molecule has 3 saturated carbocycles. The summed E-state index contributed by atoms with van der Waals surface area (Å²) in [5.41, 5.74) is 25.3. The van der Waals surface area contributed by atoms with Gasteiger partial charge in [0.15, 0.2) is 0 Å². The van der Waals surface area contributed by atoms with E-state index < -0.39 is 0 Å². The highest BCUT2D eigenvalue weighted by atomic mass is 35.5. The second-order valence-electron chi connectivity index (χ2n) is 22.4. The summed E-state index contributed by atoms with van der Waals surface area (Å²) in [6.45, 7) is 11.2. The molecule has 0 saturated heterocycles. The number of pyridine rings is 7. The molecule has 3 aliphatic rings. The number of rotatable bonds is 18. The van der Waals surface area contributed by atoms with Crippen LogP contribution in [0.1, 0.15) is 110 Å². The Morgan fingerprint density at radius 3 is 1.19 bits per heavy atom. The van der Waals surface area contributed by atoms with E-state index >= 15 is 0 Å². The molecule has 0 bridgehead atoms. The largest absolute Gasteiger partial charge is 0.370 e. The minimum Gasteiger partial charge on any atom is -0.370 e. The molecule has 0 unspecified atom stereocenters. The Kier molecular flexibility index (Phi) is 22.4. The number of aromatic nitrogens is 7. The highest BCUT2D eigenvalue weighted by Crippen LogP contribution is 2.34. The molecule has 3 aliphatic carbocycles. The van der Waals surface area contributed by atoms with Crippen LogP contribution in [0, 0.1) is 11.8 Å². The van der Waals surface area contributed by atoms with E-state index in [1.807, 2.05) is 85.5 Å². The predicted molar refractivity (Wildman–Crippen MR) is 332 cm³/mol. The monoisotopic (exact) mass is 1120 g/mol. The average Bonchev–Trinajstić information content (AvgIpc) is 3.48. The molecular formula is C62H82Cl2N16. The maximum atomic E-state index is 6.46. The SMILES string of the molecule is CC(C)CNc1cc(-c2cc(NC3CCC(N)CC3)ncc2Cl)ccn1.CC(C)CNc1cc(-c2ccnc(NC3CCC(N)CC3)c2)ccn1.NC1CCC(Nc2cc(-c3ccnc(NCc4cccnc4)c3)c(Cl)cn2)CC1. The third-order valence-electron chi connectivity index (χ3n) is 14.7. The molecule has 7 aromatic heterocycles. The maximum absolute atomic E-state index is 6.46. The summed E-state index contributed by atoms with van der Waals surface area (Å²) >= 11 is 12.9. The Hall–Kier alpha value is -6.69. The number of nitrogens with two attached hydrogens (primary N) is 3. The van der Waals surface area contributed by atoms with Gasteiger partial charge in [-0.1, -0.05) is 57.0 Å². The first-order chi connectivity index (χ1) is 38.8. The molecule has 12 N–H and O–H groups in total. The second kappa shape index (κ2) is 30.2. The van der Waals surface area contributed by atoms with E-state index in [0.29, 0.717) is 64.7 Å². The van der Waals surface area contributed by atoms with Crippen molar-refractivity contribution in [2.75, 3.05) is 45.0 Å². The lowest BCUT2D eigenvalue weighted by atomic mass is 9.92. The first-order valence-corrected chi connectivity index (χ1v) is 29.4. The highest BCUT2D eigenvalue weighted by Gasteiger charge is 2.22. The third kappa shape index (κ3) is 19.0. The van der Waals surface area contributed by atoms with Crippen LogP contribution in [0.2, 0.25) is 10.0 Å². The zero-order chi connectivity index (χ0) is 56.2. The van der Waals surface area contributed by atoms with Gasteiger partial charge >= 0.3 is 0 Å². The van der Waals surface area contributed by atoms with Crippen molar-refractivity contribution in [3.8, 4) is 33.4 Å². The van der Waals surface area contributed by atoms with Gasteiger partial charge in [-0.3, -0.25) is 4.98 Å². The lowest BCUT2D eigenvalue weighted by Gasteiger charge is -2.27. The second-order valence-corrected chi connectivity index (χ2v) is 23.2. The lowest BCUT2D eigenvalue weighted by Crippen LogP contribution is -2.33. The summed E-state index contributed by atoms with van der Waals surface area (Å²) in [4.78, 5) is 30.8. The standard InChI is InChI=1S/C22H25ClN6.C20H28ClN5.C20H29N5/c23-20-14-28-22(29-18-5-3-17(24)4-6-18)11-19(20)16-7-9-26-21(10-16)27-13-15-2-1-8-25-12-15;1-13(2)11-24-19-9-14(7-8-23-19)17-10-20(25-12-18(17)21)26-16-5-3-15(22)4-6-16;1-14(2)13-24-19-11-15(7-9-22-19)16-8-10-23-20(12-16)25-18-5-3-17(21)4-6-18/h1-2,7-12,14,17-18H,3-6,13,24H2,(H,26,27)(H,28,29);7-10,12-13,15-16H,3-6,11,22H2,1-2H3,(H,23,24)(H,25,26);7-12,14,17-18H,3-6,13,21H2,1-2H3,(H,22,24)(H,23,25). The summed E-state index contributed by atoms with van der Waals surface area (Å²) < 4.78 is 0. The predicted octanol–water partition coefficient (Wildman–Crippen LogP) is 12.9. The van der Waals surface area contributed by atoms with E-state index in [1.54, 1.807) is 24.8 Å². The van der Waals surface area contributed by atoms with Gasteiger partial charge in [-0.15, -0.1) is 0 Å². The smallest absolute Gasteiger partial charge is 0.126 e. The summed E-state index contributed by atoms with van der Waals surface area (Å²) in [6.07, 6.45) is 27.3. The Labute approximate surface area is 483 Å². The summed E-state index contributed by atoms with van der Waals surface area (Å²) in [5, 5.41) is 22.0. The molecule has 0 amide bonds. The molecule has 3 fully saturated rings. The first-order valence-electron chi connectivity index (χ1n) is 28.6. The van der Waals surface area contributed by atoms with Gasteiger partial charge in [0.05, 0.1) is 10.0 Å². The number of nitrogens with zero attached hydrogens (tertiary/aromatic N) is 7. The zero-order valence-electron chi connectivity index (χ0n) is 46.9. The van der Waals surface area contributed by atoms with Gasteiger partial charge in [0.2, 0.25) is 0 Å². The molecule has 424 valence electrons. The van der Waals surface area contributed by atoms with Gasteiger partial charge in [-0.05, 0) is 183 Å². The van der Waals surface area contributed by atoms with Crippen LogP contribution in [0.3, 0.4) is 0 Å². The van der Waals surface area contributed by atoms with E-state index in [1.165, 1.54) is 0 Å². The normalized spacial score (nSPS) is 19.8. The van der Waals surface area contributed by atoms with Crippen LogP contribution >= 0.6 is 23.2 Å². The molecule has 10 rings (SSSR count). The van der Waals surface area contributed by atoms with Crippen LogP contribution in [0.25, 0.3) is 33.4 Å². The highest BCUT2D eigenvalue weighted by molar-refractivity contribution is 6.33. The molecule has 0 spiro atoms. The van der Waals surface area contributed by atoms with Gasteiger partial charge < -0.3 is 49.1 Å². The van der Waals surface area contributed by atoms with E-state index in [4.69, 9.17) is 40.4 Å². The molecule has 0 atom stereocenters. The summed E-state index contributed by atoms with van der Waals surface area (Å²) in [5.74, 6) is 6.35. The minimum atomic E-state index is 0.330. The number of anilines is 6. The molecule has 0 radical (unpaired) electrons. The molecule has 80 heavy (non-hydrogen) atoms. The summed E-state index contributed by atoms with van der Waals surface area (Å²) in [6, 6.07) is 26.6. The molecular weight excluding hydrogens is 1040 g/mol. The molecule has 7 aromatic rings. The molecule has 18 heteroatoms. The van der Waals surface area contributed by atoms with Gasteiger partial charge in [-0.2, -0.15) is 0 Å². The average molecular weight is 1120 g/mol. The number of hydrogen-bond donors (Lipinski definition) is 9. The van der Waals surface area contributed by atoms with Crippen molar-refractivity contribution < 1.29 is 0 Å². The topological polar surface area (TPSA) is 240 Å². The fourth-order valence-corrected chi connectivity index (χ4v) is 10.4. The van der Waals surface area contributed by atoms with E-state index in [2.05, 4.69) is 107 Å². The first kappa shape index (κ1) is 59.4. The number of halogens is 2. The van der Waals surface area contributed by atoms with E-state index in [9.17, 15) is 0 Å². The van der Waals surface area contributed by atoms with Crippen molar-refractivity contribution in [1.82, 2.24) is 34.9 Å². The van der Waals surface area contributed by atoms with Gasteiger partial charge in [0, 0.05) is 117 Å². The zero-order valence-corrected chi connectivity index (χ0v) is 48.4. The van der Waals surface area contributed by atoms with Crippen molar-refractivity contribution >= 4 is 58.1 Å². The van der Waals surface area contributed by atoms with Crippen LogP contribution in [-0.2, 0) is 6.54 Å². The maximum Gasteiger partial charge on any atom is 0.126 e. The fourth-order valence-electron chi connectivity index (χ4n) is 9.99. The van der Waals surface area contributed by atoms with Crippen molar-refractivity contribution in [2.45, 2.75) is 148 Å². The van der Waals surface area contributed by atoms with Crippen molar-refractivity contribution in [2.24, 2.45) is 29.0 Å². The van der Waals surface area contributed by atoms with Crippen molar-refractivity contribution in [1.29, 1.82) is 0 Å². The van der Waals surface area contributed by atoms with E-state index in [0.717, 1.165) is 164 Å². The Morgan fingerprint density at radius 2 is 0.787 bits per heavy atom. The third-order valence-corrected chi connectivity index (χ3v) is 15.3. The van der Waals surface area contributed by atoms with Gasteiger partial charge in [-0.25, -0.2) is 29.9 Å². The van der Waals surface area contributed by atoms with E-state index in [-0.39, 0.29) is 0 Å². The minimum absolute atomic E-state index is 0.330. The number of hydrogen-bond acceptors (Lipinski definition) is 16. The molecule has 0 aliphatic heterocycles. The fraction of sp³-hybridized carbons (Fsp3) is 0.435. The Morgan fingerprint density at radius 1 is 0.425 bits per heavy atom. The van der Waals surface area contributed by atoms with Crippen LogP contribution in [0.5, 0.6) is 0 Å². The van der Waals surface area contributed by atoms with Crippen LogP contribution in [0.4, 0.5) is 34.9 Å². The Bertz CT molecular complexity index is 2980. The quantitative estimate of drug-likeness (QED) is 0.0388. The molecule has 0 aromatic carbocycles.